The fourth-order valence-corrected chi connectivity index (χ4v) is 4.47. The highest BCUT2D eigenvalue weighted by Crippen LogP contribution is 2.40. The van der Waals surface area contributed by atoms with E-state index in [1.54, 1.807) is 6.92 Å². The Hall–Kier alpha value is -3.01. The van der Waals surface area contributed by atoms with Crippen LogP contribution in [0.15, 0.2) is 48.5 Å². The van der Waals surface area contributed by atoms with E-state index in [9.17, 15) is 14.9 Å². The van der Waals surface area contributed by atoms with E-state index >= 15 is 0 Å². The molecule has 0 atom stereocenters. The van der Waals surface area contributed by atoms with Crippen LogP contribution in [0.2, 0.25) is 5.02 Å². The van der Waals surface area contributed by atoms with Crippen LogP contribution in [-0.4, -0.2) is 22.6 Å². The molecule has 0 saturated carbocycles. The van der Waals surface area contributed by atoms with E-state index in [2.05, 4.69) is 10.6 Å². The standard InChI is InChI=1S/C21H18ClN3O4S2/c1-3-29-20(26)18-17(13-7-5-4-6-8-13)12(2)31-19(18)24-21(30)23-16-11-14(25(27)28)9-10-15(16)22/h4-11H,3H2,1-2H3,(H2,23,24,30). The van der Waals surface area contributed by atoms with Crippen LogP contribution in [0, 0.1) is 17.0 Å². The van der Waals surface area contributed by atoms with Crippen molar-refractivity contribution in [1.29, 1.82) is 0 Å². The van der Waals surface area contributed by atoms with Gasteiger partial charge in [0.25, 0.3) is 5.69 Å². The first-order chi connectivity index (χ1) is 14.8. The smallest absolute Gasteiger partial charge is 0.341 e. The summed E-state index contributed by atoms with van der Waals surface area (Å²) in [6, 6.07) is 13.5. The first-order valence-electron chi connectivity index (χ1n) is 9.19. The molecule has 3 rings (SSSR count). The van der Waals surface area contributed by atoms with Gasteiger partial charge < -0.3 is 15.4 Å². The van der Waals surface area contributed by atoms with Gasteiger partial charge in [-0.2, -0.15) is 0 Å². The highest BCUT2D eigenvalue weighted by atomic mass is 35.5. The van der Waals surface area contributed by atoms with Gasteiger partial charge in [-0.15, -0.1) is 11.3 Å². The number of hydrogen-bond acceptors (Lipinski definition) is 6. The van der Waals surface area contributed by atoms with Gasteiger partial charge in [0.05, 0.1) is 22.2 Å². The number of nitro benzene ring substituents is 1. The molecule has 0 unspecified atom stereocenters. The second-order valence-corrected chi connectivity index (χ2v) is 8.36. The fraction of sp³-hybridized carbons (Fsp3) is 0.143. The quantitative estimate of drug-likeness (QED) is 0.188. The summed E-state index contributed by atoms with van der Waals surface area (Å²) in [5.74, 6) is -0.468. The Kier molecular flexibility index (Phi) is 7.21. The van der Waals surface area contributed by atoms with Crippen molar-refractivity contribution < 1.29 is 14.5 Å². The lowest BCUT2D eigenvalue weighted by atomic mass is 10.0. The molecule has 0 aliphatic heterocycles. The number of nitrogens with one attached hydrogen (secondary N) is 2. The van der Waals surface area contributed by atoms with Crippen LogP contribution in [-0.2, 0) is 4.74 Å². The third kappa shape index (κ3) is 5.19. The van der Waals surface area contributed by atoms with Gasteiger partial charge in [-0.3, -0.25) is 10.1 Å². The highest BCUT2D eigenvalue weighted by Gasteiger charge is 2.25. The fourth-order valence-electron chi connectivity index (χ4n) is 2.96. The van der Waals surface area contributed by atoms with Crippen molar-refractivity contribution in [3.8, 4) is 11.1 Å². The number of aryl methyl sites for hydroxylation is 1. The minimum atomic E-state index is -0.522. The molecular formula is C21H18ClN3O4S2. The molecule has 31 heavy (non-hydrogen) atoms. The van der Waals surface area contributed by atoms with E-state index in [1.165, 1.54) is 29.5 Å². The summed E-state index contributed by atoms with van der Waals surface area (Å²) < 4.78 is 5.27. The average Bonchev–Trinajstić information content (AvgIpc) is 3.05. The first-order valence-corrected chi connectivity index (χ1v) is 10.8. The lowest BCUT2D eigenvalue weighted by Gasteiger charge is -2.12. The molecule has 160 valence electrons. The number of thiocarbonyl (C=S) groups is 1. The van der Waals surface area contributed by atoms with Gasteiger partial charge in [0, 0.05) is 22.6 Å². The summed E-state index contributed by atoms with van der Waals surface area (Å²) in [7, 11) is 0. The van der Waals surface area contributed by atoms with Crippen molar-refractivity contribution in [1.82, 2.24) is 0 Å². The minimum Gasteiger partial charge on any atom is -0.462 e. The molecule has 7 nitrogen and oxygen atoms in total. The van der Waals surface area contributed by atoms with E-state index < -0.39 is 10.9 Å². The predicted octanol–water partition coefficient (Wildman–Crippen LogP) is 6.27. The number of esters is 1. The number of carbonyl (C=O) groups is 1. The highest BCUT2D eigenvalue weighted by molar-refractivity contribution is 7.80. The summed E-state index contributed by atoms with van der Waals surface area (Å²) in [4.78, 5) is 24.2. The molecule has 0 fully saturated rings. The molecule has 0 bridgehead atoms. The Morgan fingerprint density at radius 3 is 2.58 bits per heavy atom. The maximum atomic E-state index is 12.8. The van der Waals surface area contributed by atoms with Crippen molar-refractivity contribution in [2.75, 3.05) is 17.2 Å². The zero-order valence-electron chi connectivity index (χ0n) is 16.6. The van der Waals surface area contributed by atoms with Gasteiger partial charge in [0.15, 0.2) is 5.11 Å². The predicted molar refractivity (Wildman–Crippen MR) is 128 cm³/mol. The molecule has 0 saturated heterocycles. The maximum absolute atomic E-state index is 12.8. The van der Waals surface area contributed by atoms with Gasteiger partial charge in [-0.05, 0) is 37.7 Å². The molecule has 2 N–H and O–H groups in total. The van der Waals surface area contributed by atoms with Gasteiger partial charge in [-0.25, -0.2) is 4.79 Å². The normalized spacial score (nSPS) is 10.4. The summed E-state index contributed by atoms with van der Waals surface area (Å²) >= 11 is 12.9. The zero-order chi connectivity index (χ0) is 22.5. The number of anilines is 2. The van der Waals surface area contributed by atoms with Crippen molar-refractivity contribution >= 4 is 62.6 Å². The Labute approximate surface area is 193 Å². The molecule has 1 heterocycles. The molecule has 0 aliphatic rings. The molecule has 2 aromatic carbocycles. The number of nitrogens with zero attached hydrogens (tertiary/aromatic N) is 1. The number of ether oxygens (including phenoxy) is 1. The number of nitro groups is 1. The Balaban J connectivity index is 1.94. The number of benzene rings is 2. The summed E-state index contributed by atoms with van der Waals surface area (Å²) in [5, 5.41) is 17.8. The van der Waals surface area contributed by atoms with Gasteiger partial charge in [0.2, 0.25) is 0 Å². The third-order valence-electron chi connectivity index (χ3n) is 4.26. The largest absolute Gasteiger partial charge is 0.462 e. The SMILES string of the molecule is CCOC(=O)c1c(NC(=S)Nc2cc([N+](=O)[O-])ccc2Cl)sc(C)c1-c1ccccc1. The second-order valence-electron chi connectivity index (χ2n) is 6.32. The molecule has 10 heteroatoms. The van der Waals surface area contributed by atoms with Gasteiger partial charge in [-0.1, -0.05) is 41.9 Å². The van der Waals surface area contributed by atoms with Crippen LogP contribution < -0.4 is 10.6 Å². The summed E-state index contributed by atoms with van der Waals surface area (Å²) in [6.45, 7) is 3.88. The van der Waals surface area contributed by atoms with Crippen LogP contribution in [0.5, 0.6) is 0 Å². The number of thiophene rings is 1. The molecular weight excluding hydrogens is 458 g/mol. The van der Waals surface area contributed by atoms with Crippen molar-refractivity contribution in [2.45, 2.75) is 13.8 Å². The van der Waals surface area contributed by atoms with Crippen LogP contribution in [0.25, 0.3) is 11.1 Å². The zero-order valence-corrected chi connectivity index (χ0v) is 19.0. The first kappa shape index (κ1) is 22.7. The van der Waals surface area contributed by atoms with Gasteiger partial charge >= 0.3 is 5.97 Å². The molecule has 0 aliphatic carbocycles. The summed E-state index contributed by atoms with van der Waals surface area (Å²) in [6.07, 6.45) is 0. The average molecular weight is 476 g/mol. The minimum absolute atomic E-state index is 0.125. The number of carbonyl (C=O) groups excluding carboxylic acids is 1. The third-order valence-corrected chi connectivity index (χ3v) is 5.82. The molecule has 0 radical (unpaired) electrons. The Morgan fingerprint density at radius 2 is 1.94 bits per heavy atom. The maximum Gasteiger partial charge on any atom is 0.341 e. The van der Waals surface area contributed by atoms with Crippen LogP contribution >= 0.6 is 35.2 Å². The van der Waals surface area contributed by atoms with E-state index in [4.69, 9.17) is 28.6 Å². The second kappa shape index (κ2) is 9.86. The van der Waals surface area contributed by atoms with E-state index in [-0.39, 0.29) is 28.1 Å². The molecule has 0 amide bonds. The number of halogens is 1. The van der Waals surface area contributed by atoms with Gasteiger partial charge in [0.1, 0.15) is 10.6 Å². The van der Waals surface area contributed by atoms with Crippen LogP contribution in [0.4, 0.5) is 16.4 Å². The van der Waals surface area contributed by atoms with Crippen molar-refractivity contribution in [3.05, 3.63) is 74.1 Å². The van der Waals surface area contributed by atoms with Crippen molar-refractivity contribution in [2.24, 2.45) is 0 Å². The van der Waals surface area contributed by atoms with Crippen LogP contribution in [0.1, 0.15) is 22.2 Å². The van der Waals surface area contributed by atoms with E-state index in [0.29, 0.717) is 10.6 Å². The topological polar surface area (TPSA) is 93.5 Å². The number of hydrogen-bond donors (Lipinski definition) is 2. The molecule has 3 aromatic rings. The number of non-ortho nitro benzene ring substituents is 1. The molecule has 0 spiro atoms. The summed E-state index contributed by atoms with van der Waals surface area (Å²) in [5.41, 5.74) is 2.18. The lowest BCUT2D eigenvalue weighted by Crippen LogP contribution is -2.20. The van der Waals surface area contributed by atoms with E-state index in [0.717, 1.165) is 16.0 Å². The Morgan fingerprint density at radius 1 is 1.23 bits per heavy atom. The van der Waals surface area contributed by atoms with Crippen LogP contribution in [0.3, 0.4) is 0 Å². The monoisotopic (exact) mass is 475 g/mol. The van der Waals surface area contributed by atoms with Crippen molar-refractivity contribution in [3.63, 3.8) is 0 Å². The van der Waals surface area contributed by atoms with E-state index in [1.807, 2.05) is 37.3 Å². The Bertz CT molecular complexity index is 1150. The molecule has 1 aromatic heterocycles. The lowest BCUT2D eigenvalue weighted by molar-refractivity contribution is -0.384. The number of rotatable bonds is 6.